The predicted octanol–water partition coefficient (Wildman–Crippen LogP) is 4.90. The molecule has 3 aliphatic rings. The third kappa shape index (κ3) is 5.30. The van der Waals surface area contributed by atoms with Gasteiger partial charge in [-0.15, -0.1) is 0 Å². The molecule has 2 amide bonds. The molecular weight excluding hydrogens is 524 g/mol. The Kier molecular flexibility index (Phi) is 6.77. The highest BCUT2D eigenvalue weighted by Crippen LogP contribution is 2.43. The summed E-state index contributed by atoms with van der Waals surface area (Å²) in [6, 6.07) is 7.00. The Balaban J connectivity index is 1.36. The van der Waals surface area contributed by atoms with Gasteiger partial charge in [-0.3, -0.25) is 9.59 Å². The first-order chi connectivity index (χ1) is 17.9. The van der Waals surface area contributed by atoms with Gasteiger partial charge in [0.05, 0.1) is 21.8 Å². The van der Waals surface area contributed by atoms with Crippen LogP contribution < -0.4 is 5.32 Å². The minimum absolute atomic E-state index is 0.00373. The minimum atomic E-state index is -4.82. The van der Waals surface area contributed by atoms with E-state index in [0.717, 1.165) is 18.9 Å². The van der Waals surface area contributed by atoms with E-state index in [1.807, 2.05) is 6.92 Å². The van der Waals surface area contributed by atoms with E-state index in [1.165, 1.54) is 35.2 Å². The van der Waals surface area contributed by atoms with Crippen molar-refractivity contribution in [1.82, 2.24) is 10.2 Å². The lowest BCUT2D eigenvalue weighted by Crippen LogP contribution is -2.47. The summed E-state index contributed by atoms with van der Waals surface area (Å²) in [4.78, 5) is 28.4. The number of carbonyl (C=O) groups is 2. The summed E-state index contributed by atoms with van der Waals surface area (Å²) in [6.45, 7) is 2.19. The number of alkyl halides is 3. The predicted molar refractivity (Wildman–Crippen MR) is 130 cm³/mol. The number of nitrogens with zero attached hydrogens (tertiary/aromatic N) is 1. The summed E-state index contributed by atoms with van der Waals surface area (Å²) >= 11 is 0. The Labute approximate surface area is 218 Å². The Bertz CT molecular complexity index is 1370. The maximum atomic E-state index is 14.3. The lowest BCUT2D eigenvalue weighted by atomic mass is 9.99. The van der Waals surface area contributed by atoms with E-state index in [1.54, 1.807) is 0 Å². The van der Waals surface area contributed by atoms with E-state index in [4.69, 9.17) is 0 Å². The topological polar surface area (TPSA) is 83.6 Å². The van der Waals surface area contributed by atoms with Gasteiger partial charge in [0.2, 0.25) is 5.91 Å². The second-order valence-corrected chi connectivity index (χ2v) is 12.9. The number of benzene rings is 2. The molecule has 0 radical (unpaired) electrons. The average Bonchev–Trinajstić information content (AvgIpc) is 3.78. The van der Waals surface area contributed by atoms with Crippen molar-refractivity contribution >= 4 is 21.7 Å². The van der Waals surface area contributed by atoms with Crippen molar-refractivity contribution in [2.24, 2.45) is 11.8 Å². The van der Waals surface area contributed by atoms with Crippen LogP contribution in [0.1, 0.15) is 66.6 Å². The van der Waals surface area contributed by atoms with E-state index >= 15 is 0 Å². The van der Waals surface area contributed by atoms with Crippen LogP contribution in [0.3, 0.4) is 0 Å². The molecule has 1 N–H and O–H groups in total. The molecule has 1 heterocycles. The van der Waals surface area contributed by atoms with Crippen LogP contribution in [0.2, 0.25) is 0 Å². The molecule has 2 aliphatic carbocycles. The zero-order chi connectivity index (χ0) is 27.4. The smallest absolute Gasteiger partial charge is 0.347 e. The van der Waals surface area contributed by atoms with Crippen molar-refractivity contribution in [3.63, 3.8) is 0 Å². The monoisotopic (exact) mass is 552 g/mol. The van der Waals surface area contributed by atoms with E-state index in [2.05, 4.69) is 5.32 Å². The van der Waals surface area contributed by atoms with Crippen LogP contribution in [-0.4, -0.2) is 43.0 Å². The summed E-state index contributed by atoms with van der Waals surface area (Å²) < 4.78 is 78.6. The first-order valence-corrected chi connectivity index (χ1v) is 14.2. The quantitative estimate of drug-likeness (QED) is 0.496. The highest BCUT2D eigenvalue weighted by molar-refractivity contribution is 7.92. The van der Waals surface area contributed by atoms with Gasteiger partial charge in [-0.05, 0) is 79.8 Å². The Morgan fingerprint density at radius 3 is 2.37 bits per heavy atom. The molecule has 6 nitrogen and oxygen atoms in total. The van der Waals surface area contributed by atoms with Crippen LogP contribution in [-0.2, 0) is 20.8 Å². The molecule has 204 valence electrons. The number of hydrogen-bond donors (Lipinski definition) is 1. The van der Waals surface area contributed by atoms with Gasteiger partial charge in [-0.1, -0.05) is 19.1 Å². The fraction of sp³-hybridized carbons (Fsp3) is 0.481. The third-order valence-electron chi connectivity index (χ3n) is 7.50. The van der Waals surface area contributed by atoms with Crippen LogP contribution >= 0.6 is 0 Å². The fourth-order valence-electron chi connectivity index (χ4n) is 5.17. The van der Waals surface area contributed by atoms with Crippen LogP contribution in [0.4, 0.5) is 17.6 Å². The van der Waals surface area contributed by atoms with E-state index in [-0.39, 0.29) is 27.9 Å². The SMILES string of the molecule is C[C@@H]1C[C@H](C(=O)N[C@@H](c2ccc(C(F)(F)F)c(F)c2)C2CC2)N(C(=O)c2cccc(S(=O)(=O)C3CC3)c2)C1. The minimum Gasteiger partial charge on any atom is -0.347 e. The van der Waals surface area contributed by atoms with Gasteiger partial charge in [0.15, 0.2) is 9.84 Å². The van der Waals surface area contributed by atoms with Crippen molar-refractivity contribution in [2.75, 3.05) is 6.54 Å². The van der Waals surface area contributed by atoms with Gasteiger partial charge in [-0.2, -0.15) is 13.2 Å². The molecule has 2 aromatic rings. The summed E-state index contributed by atoms with van der Waals surface area (Å²) in [5, 5.41) is 2.44. The molecule has 1 aliphatic heterocycles. The molecule has 3 fully saturated rings. The maximum absolute atomic E-state index is 14.3. The standard InChI is InChI=1S/C27H28F4N2O4S/c1-15-11-23(33(14-15)26(35)18-3-2-4-20(12-18)38(36,37)19-8-9-19)25(34)32-24(16-5-6-16)17-7-10-21(22(28)13-17)27(29,30)31/h2-4,7,10,12-13,15-16,19,23-24H,5-6,8-9,11,14H2,1H3,(H,32,34)/t15-,23-,24-/m1/s1. The van der Waals surface area contributed by atoms with Crippen molar-refractivity contribution in [2.45, 2.75) is 67.4 Å². The number of sulfone groups is 1. The second kappa shape index (κ2) is 9.66. The first kappa shape index (κ1) is 26.6. The molecule has 0 unspecified atom stereocenters. The van der Waals surface area contributed by atoms with Crippen LogP contribution in [0.25, 0.3) is 0 Å². The van der Waals surface area contributed by atoms with E-state index in [0.29, 0.717) is 31.9 Å². The zero-order valence-electron chi connectivity index (χ0n) is 20.7. The molecule has 2 saturated carbocycles. The summed E-state index contributed by atoms with van der Waals surface area (Å²) in [5.74, 6) is -2.38. The molecule has 2 aromatic carbocycles. The average molecular weight is 553 g/mol. The number of amides is 2. The van der Waals surface area contributed by atoms with E-state index in [9.17, 15) is 35.6 Å². The number of rotatable bonds is 7. The van der Waals surface area contributed by atoms with Gasteiger partial charge < -0.3 is 10.2 Å². The van der Waals surface area contributed by atoms with Crippen LogP contribution in [0.15, 0.2) is 47.4 Å². The maximum Gasteiger partial charge on any atom is 0.419 e. The largest absolute Gasteiger partial charge is 0.419 e. The highest BCUT2D eigenvalue weighted by atomic mass is 32.2. The third-order valence-corrected chi connectivity index (χ3v) is 9.76. The number of nitrogens with one attached hydrogen (secondary N) is 1. The Morgan fingerprint density at radius 1 is 1.05 bits per heavy atom. The number of carbonyl (C=O) groups excluding carboxylic acids is 2. The molecule has 0 aromatic heterocycles. The first-order valence-electron chi connectivity index (χ1n) is 12.7. The molecule has 11 heteroatoms. The van der Waals surface area contributed by atoms with Crippen LogP contribution in [0.5, 0.6) is 0 Å². The zero-order valence-corrected chi connectivity index (χ0v) is 21.5. The molecule has 3 atom stereocenters. The van der Waals surface area contributed by atoms with Crippen molar-refractivity contribution in [3.8, 4) is 0 Å². The lowest BCUT2D eigenvalue weighted by molar-refractivity contribution is -0.140. The summed E-state index contributed by atoms with van der Waals surface area (Å²) in [7, 11) is -3.50. The summed E-state index contributed by atoms with van der Waals surface area (Å²) in [6.07, 6.45) is -1.79. The van der Waals surface area contributed by atoms with Crippen molar-refractivity contribution in [1.29, 1.82) is 0 Å². The van der Waals surface area contributed by atoms with Gasteiger partial charge in [0.25, 0.3) is 5.91 Å². The Morgan fingerprint density at radius 2 is 1.76 bits per heavy atom. The molecule has 5 rings (SSSR count). The molecule has 1 saturated heterocycles. The van der Waals surface area contributed by atoms with Gasteiger partial charge in [0, 0.05) is 12.1 Å². The molecule has 0 spiro atoms. The number of hydrogen-bond acceptors (Lipinski definition) is 4. The normalized spacial score (nSPS) is 22.8. The second-order valence-electron chi connectivity index (χ2n) is 10.6. The number of halogens is 4. The Hall–Kier alpha value is -2.95. The van der Waals surface area contributed by atoms with Crippen molar-refractivity contribution in [3.05, 3.63) is 65.0 Å². The van der Waals surface area contributed by atoms with Crippen molar-refractivity contribution < 1.29 is 35.6 Å². The molecule has 0 bridgehead atoms. The summed E-state index contributed by atoms with van der Waals surface area (Å²) in [5.41, 5.74) is -0.954. The molecular formula is C27H28F4N2O4S. The highest BCUT2D eigenvalue weighted by Gasteiger charge is 2.42. The van der Waals surface area contributed by atoms with E-state index < -0.39 is 56.5 Å². The van der Waals surface area contributed by atoms with Crippen LogP contribution in [0, 0.1) is 17.7 Å². The van der Waals surface area contributed by atoms with Gasteiger partial charge in [-0.25, -0.2) is 12.8 Å². The molecule has 38 heavy (non-hydrogen) atoms. The van der Waals surface area contributed by atoms with Gasteiger partial charge in [0.1, 0.15) is 11.9 Å². The fourth-order valence-corrected chi connectivity index (χ4v) is 6.87. The number of likely N-dealkylation sites (tertiary alicyclic amines) is 1. The van der Waals surface area contributed by atoms with Gasteiger partial charge >= 0.3 is 6.18 Å². The lowest BCUT2D eigenvalue weighted by Gasteiger charge is -2.27.